The first-order valence-corrected chi connectivity index (χ1v) is 7.47. The molecule has 2 unspecified atom stereocenters. The van der Waals surface area contributed by atoms with Crippen LogP contribution in [0.25, 0.3) is 0 Å². The van der Waals surface area contributed by atoms with Crippen LogP contribution in [0.4, 0.5) is 0 Å². The lowest BCUT2D eigenvalue weighted by Gasteiger charge is -2.30. The van der Waals surface area contributed by atoms with Crippen molar-refractivity contribution in [1.82, 2.24) is 0 Å². The number of Topliss-reactive ketones (excluding diaryl/α,β-unsaturated/α-hetero) is 1. The van der Waals surface area contributed by atoms with Gasteiger partial charge in [0, 0.05) is 11.6 Å². The Hall–Kier alpha value is -1.96. The average Bonchev–Trinajstić information content (AvgIpc) is 2.46. The molecule has 6 nitrogen and oxygen atoms in total. The molecule has 0 amide bonds. The Labute approximate surface area is 122 Å². The molecular weight excluding hydrogens is 296 g/mol. The van der Waals surface area contributed by atoms with E-state index in [9.17, 15) is 22.9 Å². The Bertz CT molecular complexity index is 704. The number of hydrogen-bond acceptors (Lipinski definition) is 5. The van der Waals surface area contributed by atoms with E-state index in [2.05, 4.69) is 0 Å². The summed E-state index contributed by atoms with van der Waals surface area (Å²) in [6.45, 7) is 0. The van der Waals surface area contributed by atoms with E-state index in [0.717, 1.165) is 6.08 Å². The first-order chi connectivity index (χ1) is 9.79. The third-order valence-corrected chi connectivity index (χ3v) is 4.44. The van der Waals surface area contributed by atoms with Gasteiger partial charge in [0.25, 0.3) is 10.1 Å². The Balaban J connectivity index is 2.51. The van der Waals surface area contributed by atoms with Crippen LogP contribution in [-0.2, 0) is 14.9 Å². The van der Waals surface area contributed by atoms with Crippen molar-refractivity contribution in [2.45, 2.75) is 4.93 Å². The molecule has 112 valence electrons. The highest BCUT2D eigenvalue weighted by molar-refractivity contribution is 7.87. The molecule has 7 heteroatoms. The summed E-state index contributed by atoms with van der Waals surface area (Å²) < 4.78 is 37.2. The van der Waals surface area contributed by atoms with Crippen molar-refractivity contribution in [3.63, 3.8) is 0 Å². The third-order valence-electron chi connectivity index (χ3n) is 3.24. The second kappa shape index (κ2) is 5.44. The zero-order valence-electron chi connectivity index (χ0n) is 11.1. The van der Waals surface area contributed by atoms with Gasteiger partial charge in [-0.05, 0) is 6.08 Å². The summed E-state index contributed by atoms with van der Waals surface area (Å²) in [5.74, 6) is -2.06. The average molecular weight is 310 g/mol. The van der Waals surface area contributed by atoms with Gasteiger partial charge < -0.3 is 9.84 Å². The predicted octanol–water partition coefficient (Wildman–Crippen LogP) is 1.16. The molecule has 2 rings (SSSR count). The fraction of sp³-hybridized carbons (Fsp3) is 0.214. The molecule has 0 aromatic heterocycles. The molecule has 0 fully saturated rings. The lowest BCUT2D eigenvalue weighted by molar-refractivity contribution is 0.0712. The highest BCUT2D eigenvalue weighted by Gasteiger charge is 2.50. The first-order valence-electron chi connectivity index (χ1n) is 6.03. The van der Waals surface area contributed by atoms with E-state index in [0.29, 0.717) is 0 Å². The minimum atomic E-state index is -4.94. The number of rotatable bonds is 4. The minimum absolute atomic E-state index is 0.0345. The number of ketones is 1. The van der Waals surface area contributed by atoms with E-state index in [1.54, 1.807) is 18.2 Å². The standard InChI is InChI=1S/C14H14O6S/c1-20-11-7-8-12(14(16,9-11)21(17,18)19)13(15)10-5-3-2-4-6-10/h2-9,12,16H,1H3,(H,17,18,19). The highest BCUT2D eigenvalue weighted by atomic mass is 32.2. The number of benzene rings is 1. The van der Waals surface area contributed by atoms with E-state index >= 15 is 0 Å². The number of carbonyl (C=O) groups is 1. The Kier molecular flexibility index (Phi) is 3.99. The number of methoxy groups -OCH3 is 1. The van der Waals surface area contributed by atoms with E-state index in [-0.39, 0.29) is 11.3 Å². The van der Waals surface area contributed by atoms with Crippen LogP contribution in [0, 0.1) is 5.92 Å². The molecule has 1 aromatic carbocycles. The lowest BCUT2D eigenvalue weighted by atomic mass is 9.88. The monoisotopic (exact) mass is 310 g/mol. The van der Waals surface area contributed by atoms with Crippen LogP contribution in [0.1, 0.15) is 10.4 Å². The summed E-state index contributed by atoms with van der Waals surface area (Å²) in [7, 11) is -3.67. The minimum Gasteiger partial charge on any atom is -0.497 e. The molecule has 21 heavy (non-hydrogen) atoms. The van der Waals surface area contributed by atoms with Crippen LogP contribution in [0.3, 0.4) is 0 Å². The van der Waals surface area contributed by atoms with Crippen molar-refractivity contribution in [3.05, 3.63) is 59.9 Å². The SMILES string of the molecule is COC1=CC(O)(S(=O)(=O)O)C(C(=O)c2ccccc2)C=C1. The third kappa shape index (κ3) is 2.76. The summed E-state index contributed by atoms with van der Waals surface area (Å²) in [5.41, 5.74) is 0.225. The summed E-state index contributed by atoms with van der Waals surface area (Å²) in [5, 5.41) is 10.3. The molecule has 2 N–H and O–H groups in total. The van der Waals surface area contributed by atoms with Crippen molar-refractivity contribution in [2.24, 2.45) is 5.92 Å². The normalized spacial score (nSPS) is 25.3. The summed E-state index contributed by atoms with van der Waals surface area (Å²) in [6.07, 6.45) is 3.38. The zero-order valence-corrected chi connectivity index (χ0v) is 11.9. The topological polar surface area (TPSA) is 101 Å². The summed E-state index contributed by atoms with van der Waals surface area (Å²) in [4.78, 5) is 9.64. The molecule has 1 aliphatic carbocycles. The van der Waals surface area contributed by atoms with Crippen molar-refractivity contribution >= 4 is 15.9 Å². The number of carbonyl (C=O) groups excluding carboxylic acids is 1. The van der Waals surface area contributed by atoms with Crippen molar-refractivity contribution in [2.75, 3.05) is 7.11 Å². The molecule has 1 aliphatic rings. The second-order valence-corrected chi connectivity index (χ2v) is 6.15. The fourth-order valence-electron chi connectivity index (χ4n) is 2.09. The van der Waals surface area contributed by atoms with Gasteiger partial charge in [-0.2, -0.15) is 8.42 Å². The van der Waals surface area contributed by atoms with Gasteiger partial charge in [-0.15, -0.1) is 0 Å². The fourth-order valence-corrected chi connectivity index (χ4v) is 2.86. The Morgan fingerprint density at radius 1 is 1.29 bits per heavy atom. The van der Waals surface area contributed by atoms with E-state index in [1.165, 1.54) is 31.4 Å². The van der Waals surface area contributed by atoms with Gasteiger partial charge in [0.05, 0.1) is 13.0 Å². The molecule has 0 aliphatic heterocycles. The molecule has 0 heterocycles. The van der Waals surface area contributed by atoms with Crippen LogP contribution in [-0.4, -0.2) is 35.9 Å². The van der Waals surface area contributed by atoms with Crippen LogP contribution in [0.5, 0.6) is 0 Å². The van der Waals surface area contributed by atoms with E-state index < -0.39 is 26.8 Å². The molecular formula is C14H14O6S. The quantitative estimate of drug-likeness (QED) is 0.639. The lowest BCUT2D eigenvalue weighted by Crippen LogP contribution is -2.48. The van der Waals surface area contributed by atoms with Gasteiger partial charge in [-0.3, -0.25) is 9.35 Å². The van der Waals surface area contributed by atoms with Gasteiger partial charge in [-0.1, -0.05) is 36.4 Å². The van der Waals surface area contributed by atoms with Crippen molar-refractivity contribution < 1.29 is 27.6 Å². The van der Waals surface area contributed by atoms with Crippen LogP contribution < -0.4 is 0 Å². The molecule has 1 aromatic rings. The largest absolute Gasteiger partial charge is 0.497 e. The maximum absolute atomic E-state index is 12.4. The number of ether oxygens (including phenoxy) is 1. The van der Waals surface area contributed by atoms with Crippen LogP contribution in [0.2, 0.25) is 0 Å². The zero-order chi connectivity index (χ0) is 15.7. The van der Waals surface area contributed by atoms with Crippen LogP contribution in [0.15, 0.2) is 54.3 Å². The van der Waals surface area contributed by atoms with Gasteiger partial charge >= 0.3 is 0 Å². The maximum atomic E-state index is 12.4. The second-order valence-electron chi connectivity index (χ2n) is 4.54. The van der Waals surface area contributed by atoms with Crippen molar-refractivity contribution in [3.8, 4) is 0 Å². The Morgan fingerprint density at radius 3 is 2.43 bits per heavy atom. The van der Waals surface area contributed by atoms with Gasteiger partial charge in [-0.25, -0.2) is 0 Å². The van der Waals surface area contributed by atoms with Gasteiger partial charge in [0.1, 0.15) is 5.76 Å². The predicted molar refractivity (Wildman–Crippen MR) is 75.0 cm³/mol. The molecule has 0 radical (unpaired) electrons. The number of hydrogen-bond donors (Lipinski definition) is 2. The smallest absolute Gasteiger partial charge is 0.300 e. The molecule has 0 bridgehead atoms. The van der Waals surface area contributed by atoms with Crippen molar-refractivity contribution in [1.29, 1.82) is 0 Å². The molecule has 0 saturated carbocycles. The molecule has 0 saturated heterocycles. The molecule has 2 atom stereocenters. The van der Waals surface area contributed by atoms with Gasteiger partial charge in [0.2, 0.25) is 4.93 Å². The summed E-state index contributed by atoms with van der Waals surface area (Å²) in [6, 6.07) is 7.92. The van der Waals surface area contributed by atoms with Gasteiger partial charge in [0.15, 0.2) is 5.78 Å². The Morgan fingerprint density at radius 2 is 1.90 bits per heavy atom. The van der Waals surface area contributed by atoms with Crippen LogP contribution >= 0.6 is 0 Å². The first kappa shape index (κ1) is 15.4. The number of allylic oxidation sites excluding steroid dienone is 1. The maximum Gasteiger partial charge on any atom is 0.300 e. The van der Waals surface area contributed by atoms with E-state index in [4.69, 9.17) is 4.74 Å². The van der Waals surface area contributed by atoms with E-state index in [1.807, 2.05) is 0 Å². The highest BCUT2D eigenvalue weighted by Crippen LogP contribution is 2.34. The number of aliphatic hydroxyl groups is 1. The molecule has 0 spiro atoms. The summed E-state index contributed by atoms with van der Waals surface area (Å²) >= 11 is 0.